The molecule has 0 saturated heterocycles. The lowest BCUT2D eigenvalue weighted by atomic mass is 10.1. The molecule has 5 nitrogen and oxygen atoms in total. The van der Waals surface area contributed by atoms with E-state index in [1.807, 2.05) is 54.5 Å². The Kier molecular flexibility index (Phi) is 4.97. The van der Waals surface area contributed by atoms with Crippen molar-refractivity contribution in [2.24, 2.45) is 0 Å². The van der Waals surface area contributed by atoms with Crippen LogP contribution in [0.2, 0.25) is 0 Å². The van der Waals surface area contributed by atoms with E-state index in [4.69, 9.17) is 4.74 Å². The number of hydrazine groups is 2. The highest BCUT2D eigenvalue weighted by atomic mass is 16.5. The van der Waals surface area contributed by atoms with Crippen LogP contribution >= 0.6 is 0 Å². The normalized spacial score (nSPS) is 13.6. The molecular weight excluding hydrogens is 420 g/mol. The number of rotatable bonds is 5. The summed E-state index contributed by atoms with van der Waals surface area (Å²) >= 11 is 0. The number of fused-ring (bicyclic) bond motifs is 3. The Morgan fingerprint density at radius 3 is 2.24 bits per heavy atom. The van der Waals surface area contributed by atoms with Gasteiger partial charge >= 0.3 is 0 Å². The van der Waals surface area contributed by atoms with Crippen LogP contribution in [-0.2, 0) is 6.54 Å². The number of ether oxygens (including phenoxy) is 1. The molecule has 6 rings (SSSR count). The molecule has 1 aliphatic rings. The van der Waals surface area contributed by atoms with Gasteiger partial charge in [-0.3, -0.25) is 10.0 Å². The van der Waals surface area contributed by atoms with E-state index in [0.717, 1.165) is 35.0 Å². The molecule has 0 aliphatic carbocycles. The third kappa shape index (κ3) is 3.47. The molecule has 0 atom stereocenters. The highest BCUT2D eigenvalue weighted by Crippen LogP contribution is 2.35. The van der Waals surface area contributed by atoms with Crippen molar-refractivity contribution in [1.29, 1.82) is 0 Å². The Morgan fingerprint density at radius 1 is 0.735 bits per heavy atom. The lowest BCUT2D eigenvalue weighted by Crippen LogP contribution is -2.38. The van der Waals surface area contributed by atoms with E-state index < -0.39 is 0 Å². The fourth-order valence-corrected chi connectivity index (χ4v) is 4.72. The van der Waals surface area contributed by atoms with E-state index in [-0.39, 0.29) is 0 Å². The molecular formula is C29H26N4O. The first-order valence-corrected chi connectivity index (χ1v) is 11.6. The Bertz CT molecular complexity index is 1500. The number of hydrogen-bond donors (Lipinski definition) is 1. The molecule has 0 radical (unpaired) electrons. The van der Waals surface area contributed by atoms with E-state index in [1.54, 1.807) is 0 Å². The summed E-state index contributed by atoms with van der Waals surface area (Å²) in [7, 11) is 2.01. The minimum Gasteiger partial charge on any atom is -0.457 e. The van der Waals surface area contributed by atoms with Gasteiger partial charge in [0.2, 0.25) is 0 Å². The fourth-order valence-electron chi connectivity index (χ4n) is 4.72. The summed E-state index contributed by atoms with van der Waals surface area (Å²) in [5.41, 5.74) is 9.24. The monoisotopic (exact) mass is 446 g/mol. The summed E-state index contributed by atoms with van der Waals surface area (Å²) in [4.78, 5) is 0. The zero-order valence-electron chi connectivity index (χ0n) is 19.3. The average molecular weight is 447 g/mol. The summed E-state index contributed by atoms with van der Waals surface area (Å²) < 4.78 is 8.34. The summed E-state index contributed by atoms with van der Waals surface area (Å²) in [5, 5.41) is 6.65. The molecule has 0 fully saturated rings. The summed E-state index contributed by atoms with van der Waals surface area (Å²) in [6.45, 7) is 3.14. The van der Waals surface area contributed by atoms with Crippen molar-refractivity contribution >= 4 is 33.2 Å². The number of hydrogen-bond acceptors (Lipinski definition) is 4. The van der Waals surface area contributed by atoms with Gasteiger partial charge in [0.05, 0.1) is 11.4 Å². The van der Waals surface area contributed by atoms with Gasteiger partial charge in [-0.05, 0) is 67.6 Å². The van der Waals surface area contributed by atoms with E-state index in [2.05, 4.69) is 82.8 Å². The quantitative estimate of drug-likeness (QED) is 0.323. The van der Waals surface area contributed by atoms with Gasteiger partial charge in [-0.15, -0.1) is 5.53 Å². The van der Waals surface area contributed by atoms with Gasteiger partial charge in [-0.2, -0.15) is 0 Å². The topological polar surface area (TPSA) is 32.7 Å². The summed E-state index contributed by atoms with van der Waals surface area (Å²) in [6, 6.07) is 33.4. The molecule has 0 amide bonds. The molecule has 0 saturated carbocycles. The Labute approximate surface area is 199 Å². The van der Waals surface area contributed by atoms with Crippen LogP contribution in [0.1, 0.15) is 12.5 Å². The first kappa shape index (κ1) is 20.4. The SMILES string of the molecule is CCn1c2ccccc2c2cc(N3NN(C)C=C3c3ccc(Oc4ccccc4)cc3)ccc21. The van der Waals surface area contributed by atoms with Crippen molar-refractivity contribution in [2.45, 2.75) is 13.5 Å². The second-order valence-corrected chi connectivity index (χ2v) is 8.46. The zero-order chi connectivity index (χ0) is 23.1. The number of nitrogens with zero attached hydrogens (tertiary/aromatic N) is 3. The lowest BCUT2D eigenvalue weighted by molar-refractivity contribution is 0.359. The zero-order valence-corrected chi connectivity index (χ0v) is 19.3. The highest BCUT2D eigenvalue weighted by molar-refractivity contribution is 6.09. The molecule has 1 aromatic heterocycles. The van der Waals surface area contributed by atoms with Crippen LogP contribution in [0.25, 0.3) is 27.5 Å². The van der Waals surface area contributed by atoms with Crippen molar-refractivity contribution in [3.05, 3.63) is 109 Å². The van der Waals surface area contributed by atoms with Gasteiger partial charge in [0.15, 0.2) is 0 Å². The molecule has 5 aromatic rings. The molecule has 0 unspecified atom stereocenters. The third-order valence-corrected chi connectivity index (χ3v) is 6.27. The maximum Gasteiger partial charge on any atom is 0.127 e. The fraction of sp³-hybridized carbons (Fsp3) is 0.103. The van der Waals surface area contributed by atoms with Crippen molar-refractivity contribution in [3.63, 3.8) is 0 Å². The van der Waals surface area contributed by atoms with E-state index in [9.17, 15) is 0 Å². The largest absolute Gasteiger partial charge is 0.457 e. The Morgan fingerprint density at radius 2 is 1.44 bits per heavy atom. The number of nitrogens with one attached hydrogen (secondary N) is 1. The second-order valence-electron chi connectivity index (χ2n) is 8.46. The average Bonchev–Trinajstić information content (AvgIpc) is 3.42. The molecule has 5 heteroatoms. The highest BCUT2D eigenvalue weighted by Gasteiger charge is 2.23. The summed E-state index contributed by atoms with van der Waals surface area (Å²) in [6.07, 6.45) is 2.10. The molecule has 0 spiro atoms. The number of aryl methyl sites for hydroxylation is 1. The van der Waals surface area contributed by atoms with Crippen molar-refractivity contribution in [2.75, 3.05) is 12.1 Å². The number of aromatic nitrogens is 1. The minimum atomic E-state index is 0.815. The van der Waals surface area contributed by atoms with Crippen molar-refractivity contribution in [1.82, 2.24) is 15.1 Å². The van der Waals surface area contributed by atoms with Gasteiger partial charge < -0.3 is 9.30 Å². The van der Waals surface area contributed by atoms with Gasteiger partial charge in [0.1, 0.15) is 11.5 Å². The molecule has 168 valence electrons. The number of para-hydroxylation sites is 2. The van der Waals surface area contributed by atoms with Crippen LogP contribution in [0.4, 0.5) is 5.69 Å². The standard InChI is InChI=1S/C29H26N4O/c1-3-32-27-12-8-7-11-25(27)26-19-22(15-18-28(26)32)33-29(20-31(2)30-33)21-13-16-24(17-14-21)34-23-9-5-4-6-10-23/h4-20,30H,3H2,1-2H3. The van der Waals surface area contributed by atoms with Gasteiger partial charge in [0.25, 0.3) is 0 Å². The van der Waals surface area contributed by atoms with Crippen molar-refractivity contribution in [3.8, 4) is 11.5 Å². The first-order chi connectivity index (χ1) is 16.7. The predicted molar refractivity (Wildman–Crippen MR) is 139 cm³/mol. The minimum absolute atomic E-state index is 0.815. The van der Waals surface area contributed by atoms with Gasteiger partial charge in [0, 0.05) is 47.2 Å². The smallest absolute Gasteiger partial charge is 0.127 e. The van der Waals surface area contributed by atoms with Crippen molar-refractivity contribution < 1.29 is 4.74 Å². The van der Waals surface area contributed by atoms with Crippen LogP contribution in [0.5, 0.6) is 11.5 Å². The Hall–Kier alpha value is -4.22. The number of anilines is 1. The third-order valence-electron chi connectivity index (χ3n) is 6.27. The second kappa shape index (κ2) is 8.28. The molecule has 1 aliphatic heterocycles. The molecule has 2 heterocycles. The van der Waals surface area contributed by atoms with Gasteiger partial charge in [-0.1, -0.05) is 36.4 Å². The summed E-state index contributed by atoms with van der Waals surface area (Å²) in [5.74, 6) is 1.65. The first-order valence-electron chi connectivity index (χ1n) is 11.6. The van der Waals surface area contributed by atoms with E-state index in [0.29, 0.717) is 0 Å². The van der Waals surface area contributed by atoms with Crippen LogP contribution in [0.3, 0.4) is 0 Å². The maximum atomic E-state index is 5.97. The van der Waals surface area contributed by atoms with Crippen LogP contribution in [-0.4, -0.2) is 16.6 Å². The van der Waals surface area contributed by atoms with Crippen LogP contribution in [0, 0.1) is 0 Å². The molecule has 4 aromatic carbocycles. The predicted octanol–water partition coefficient (Wildman–Crippen LogP) is 6.78. The maximum absolute atomic E-state index is 5.97. The molecule has 1 N–H and O–H groups in total. The van der Waals surface area contributed by atoms with Gasteiger partial charge in [-0.25, -0.2) is 0 Å². The number of benzene rings is 4. The van der Waals surface area contributed by atoms with Crippen LogP contribution in [0.15, 0.2) is 103 Å². The molecule has 34 heavy (non-hydrogen) atoms. The lowest BCUT2D eigenvalue weighted by Gasteiger charge is -2.24. The van der Waals surface area contributed by atoms with Crippen LogP contribution < -0.4 is 15.3 Å². The Balaban J connectivity index is 1.35. The molecule has 0 bridgehead atoms. The van der Waals surface area contributed by atoms with E-state index >= 15 is 0 Å². The van der Waals surface area contributed by atoms with E-state index in [1.165, 1.54) is 21.8 Å².